The maximum atomic E-state index is 12.2. The molecule has 0 saturated heterocycles. The zero-order valence-corrected chi connectivity index (χ0v) is 16.9. The highest BCUT2D eigenvalue weighted by atomic mass is 16.5. The van der Waals surface area contributed by atoms with E-state index < -0.39 is 0 Å². The number of nitrogens with one attached hydrogen (secondary N) is 1. The van der Waals surface area contributed by atoms with E-state index in [2.05, 4.69) is 10.5 Å². The Balaban J connectivity index is 1.33. The van der Waals surface area contributed by atoms with Crippen molar-refractivity contribution in [3.05, 3.63) is 72.4 Å². The average molecular weight is 407 g/mol. The molecule has 0 aliphatic rings. The van der Waals surface area contributed by atoms with Crippen LogP contribution in [0.4, 0.5) is 0 Å². The van der Waals surface area contributed by atoms with Crippen LogP contribution in [-0.2, 0) is 16.0 Å². The van der Waals surface area contributed by atoms with Crippen LogP contribution in [0.15, 0.2) is 69.8 Å². The van der Waals surface area contributed by atoms with Crippen molar-refractivity contribution in [3.8, 4) is 11.3 Å². The third-order valence-corrected chi connectivity index (χ3v) is 4.55. The molecule has 156 valence electrons. The lowest BCUT2D eigenvalue weighted by Gasteiger charge is -2.16. The molecule has 0 aliphatic heterocycles. The number of nitrogens with zero attached hydrogens (tertiary/aromatic N) is 2. The Kier molecular flexibility index (Phi) is 7.60. The first-order valence-electron chi connectivity index (χ1n) is 9.86. The van der Waals surface area contributed by atoms with E-state index >= 15 is 0 Å². The zero-order chi connectivity index (χ0) is 21.2. The summed E-state index contributed by atoms with van der Waals surface area (Å²) in [6, 6.07) is 15.3. The summed E-state index contributed by atoms with van der Waals surface area (Å²) in [6.07, 6.45) is 6.22. The van der Waals surface area contributed by atoms with E-state index in [1.807, 2.05) is 36.4 Å². The lowest BCUT2D eigenvalue weighted by atomic mass is 10.1. The third-order valence-electron chi connectivity index (χ3n) is 4.55. The topological polar surface area (TPSA) is 88.6 Å². The molecule has 0 radical (unpaired) electrons. The summed E-state index contributed by atoms with van der Waals surface area (Å²) in [5.41, 5.74) is 1.83. The minimum Gasteiger partial charge on any atom is -0.465 e. The highest BCUT2D eigenvalue weighted by Crippen LogP contribution is 2.19. The third kappa shape index (κ3) is 6.48. The molecule has 0 aliphatic carbocycles. The standard InChI is InChI=1S/C23H25N3O4/c1-26(23(28)13-14-24-22(27)12-11-19-10-6-16-29-19)15-5-9-20-17-21(25-30-20)18-7-3-2-4-8-18/h2-4,6-8,10-12,16-17H,5,9,13-15H2,1H3,(H,24,27)/b12-11+. The molecule has 3 rings (SSSR count). The number of amides is 2. The first-order chi connectivity index (χ1) is 14.6. The van der Waals surface area contributed by atoms with Crippen molar-refractivity contribution in [3.63, 3.8) is 0 Å². The Labute approximate surface area is 175 Å². The van der Waals surface area contributed by atoms with Crippen molar-refractivity contribution in [2.24, 2.45) is 0 Å². The van der Waals surface area contributed by atoms with Gasteiger partial charge in [-0.3, -0.25) is 9.59 Å². The smallest absolute Gasteiger partial charge is 0.244 e. The highest BCUT2D eigenvalue weighted by Gasteiger charge is 2.10. The van der Waals surface area contributed by atoms with Crippen LogP contribution >= 0.6 is 0 Å². The van der Waals surface area contributed by atoms with E-state index in [9.17, 15) is 9.59 Å². The molecule has 1 aromatic carbocycles. The molecule has 0 unspecified atom stereocenters. The van der Waals surface area contributed by atoms with Gasteiger partial charge in [0.2, 0.25) is 11.8 Å². The van der Waals surface area contributed by atoms with Crippen molar-refractivity contribution >= 4 is 17.9 Å². The van der Waals surface area contributed by atoms with Crippen LogP contribution in [0.5, 0.6) is 0 Å². The maximum absolute atomic E-state index is 12.2. The van der Waals surface area contributed by atoms with Crippen molar-refractivity contribution in [2.75, 3.05) is 20.1 Å². The van der Waals surface area contributed by atoms with Gasteiger partial charge in [-0.25, -0.2) is 0 Å². The van der Waals surface area contributed by atoms with Gasteiger partial charge < -0.3 is 19.2 Å². The normalized spacial score (nSPS) is 11.0. The quantitative estimate of drug-likeness (QED) is 0.519. The molecule has 0 spiro atoms. The van der Waals surface area contributed by atoms with Crippen molar-refractivity contribution in [2.45, 2.75) is 19.3 Å². The number of hydrogen-bond donors (Lipinski definition) is 1. The predicted molar refractivity (Wildman–Crippen MR) is 113 cm³/mol. The van der Waals surface area contributed by atoms with Gasteiger partial charge in [-0.2, -0.15) is 0 Å². The fourth-order valence-corrected chi connectivity index (χ4v) is 2.88. The average Bonchev–Trinajstić information content (AvgIpc) is 3.45. The van der Waals surface area contributed by atoms with Gasteiger partial charge in [-0.05, 0) is 24.6 Å². The van der Waals surface area contributed by atoms with Gasteiger partial charge in [0.15, 0.2) is 0 Å². The molecular weight excluding hydrogens is 382 g/mol. The van der Waals surface area contributed by atoms with Gasteiger partial charge >= 0.3 is 0 Å². The fourth-order valence-electron chi connectivity index (χ4n) is 2.88. The molecule has 7 heteroatoms. The lowest BCUT2D eigenvalue weighted by Crippen LogP contribution is -2.32. The maximum Gasteiger partial charge on any atom is 0.244 e. The van der Waals surface area contributed by atoms with Gasteiger partial charge in [0.25, 0.3) is 0 Å². The van der Waals surface area contributed by atoms with Gasteiger partial charge in [0.05, 0.1) is 6.26 Å². The minimum absolute atomic E-state index is 0.0205. The van der Waals surface area contributed by atoms with E-state index in [-0.39, 0.29) is 24.8 Å². The van der Waals surface area contributed by atoms with Crippen LogP contribution in [0.1, 0.15) is 24.4 Å². The number of hydrogen-bond acceptors (Lipinski definition) is 5. The Morgan fingerprint density at radius 2 is 2.00 bits per heavy atom. The first-order valence-corrected chi connectivity index (χ1v) is 9.86. The molecule has 0 saturated carbocycles. The zero-order valence-electron chi connectivity index (χ0n) is 16.9. The van der Waals surface area contributed by atoms with E-state index in [0.717, 1.165) is 23.4 Å². The molecule has 0 atom stereocenters. The number of furan rings is 1. The van der Waals surface area contributed by atoms with Crippen LogP contribution < -0.4 is 5.32 Å². The Bertz CT molecular complexity index is 962. The number of benzene rings is 1. The summed E-state index contributed by atoms with van der Waals surface area (Å²) in [5, 5.41) is 6.79. The second kappa shape index (κ2) is 10.8. The number of carbonyl (C=O) groups is 2. The molecule has 0 bridgehead atoms. The van der Waals surface area contributed by atoms with Crippen LogP contribution in [-0.4, -0.2) is 42.0 Å². The summed E-state index contributed by atoms with van der Waals surface area (Å²) in [6.45, 7) is 0.888. The van der Waals surface area contributed by atoms with Crippen LogP contribution in [0.25, 0.3) is 17.3 Å². The second-order valence-electron chi connectivity index (χ2n) is 6.85. The number of carbonyl (C=O) groups excluding carboxylic acids is 2. The van der Waals surface area contributed by atoms with Crippen molar-refractivity contribution < 1.29 is 18.5 Å². The van der Waals surface area contributed by atoms with E-state index in [0.29, 0.717) is 18.7 Å². The SMILES string of the molecule is CN(CCCc1cc(-c2ccccc2)no1)C(=O)CCNC(=O)/C=C/c1ccco1. The lowest BCUT2D eigenvalue weighted by molar-refractivity contribution is -0.129. The number of aryl methyl sites for hydroxylation is 1. The number of rotatable bonds is 10. The molecular formula is C23H25N3O4. The Morgan fingerprint density at radius 1 is 1.17 bits per heavy atom. The summed E-state index contributed by atoms with van der Waals surface area (Å²) in [5.74, 6) is 1.11. The number of aromatic nitrogens is 1. The second-order valence-corrected chi connectivity index (χ2v) is 6.85. The van der Waals surface area contributed by atoms with E-state index in [4.69, 9.17) is 8.94 Å². The van der Waals surface area contributed by atoms with E-state index in [1.54, 1.807) is 30.2 Å². The molecule has 2 amide bonds. The van der Waals surface area contributed by atoms with Gasteiger partial charge in [0.1, 0.15) is 17.2 Å². The summed E-state index contributed by atoms with van der Waals surface area (Å²) >= 11 is 0. The van der Waals surface area contributed by atoms with Gasteiger partial charge in [-0.15, -0.1) is 0 Å². The van der Waals surface area contributed by atoms with Crippen molar-refractivity contribution in [1.29, 1.82) is 0 Å². The summed E-state index contributed by atoms with van der Waals surface area (Å²) < 4.78 is 10.5. The molecule has 0 fully saturated rings. The molecule has 3 aromatic rings. The molecule has 30 heavy (non-hydrogen) atoms. The molecule has 7 nitrogen and oxygen atoms in total. The first kappa shape index (κ1) is 21.1. The van der Waals surface area contributed by atoms with Crippen LogP contribution in [0, 0.1) is 0 Å². The van der Waals surface area contributed by atoms with Gasteiger partial charge in [-0.1, -0.05) is 35.5 Å². The highest BCUT2D eigenvalue weighted by molar-refractivity contribution is 5.91. The predicted octanol–water partition coefficient (Wildman–Crippen LogP) is 3.55. The largest absolute Gasteiger partial charge is 0.465 e. The Morgan fingerprint density at radius 3 is 2.77 bits per heavy atom. The molecule has 2 heterocycles. The van der Waals surface area contributed by atoms with E-state index in [1.165, 1.54) is 12.3 Å². The summed E-state index contributed by atoms with van der Waals surface area (Å²) in [7, 11) is 1.76. The minimum atomic E-state index is -0.263. The van der Waals surface area contributed by atoms with Crippen LogP contribution in [0.2, 0.25) is 0 Å². The molecule has 1 N–H and O–H groups in total. The van der Waals surface area contributed by atoms with Crippen LogP contribution in [0.3, 0.4) is 0 Å². The van der Waals surface area contributed by atoms with Crippen molar-refractivity contribution in [1.82, 2.24) is 15.4 Å². The fraction of sp³-hybridized carbons (Fsp3) is 0.261. The van der Waals surface area contributed by atoms with Gasteiger partial charge in [0, 0.05) is 50.7 Å². The molecule has 2 aromatic heterocycles. The summed E-state index contributed by atoms with van der Waals surface area (Å²) in [4.78, 5) is 25.6. The Hall–Kier alpha value is -3.61. The monoisotopic (exact) mass is 407 g/mol.